The third-order valence-electron chi connectivity index (χ3n) is 2.31. The van der Waals surface area contributed by atoms with Gasteiger partial charge >= 0.3 is 0 Å². The molecule has 0 amide bonds. The summed E-state index contributed by atoms with van der Waals surface area (Å²) in [5, 5.41) is 0. The molecule has 19 heavy (non-hydrogen) atoms. The van der Waals surface area contributed by atoms with Crippen LogP contribution in [0.5, 0.6) is 0 Å². The van der Waals surface area contributed by atoms with Gasteiger partial charge in [-0.1, -0.05) is 12.1 Å². The molecule has 0 radical (unpaired) electrons. The molecule has 0 aliphatic rings. The van der Waals surface area contributed by atoms with E-state index in [0.717, 1.165) is 0 Å². The third-order valence-corrected chi connectivity index (χ3v) is 3.67. The minimum Gasteiger partial charge on any atom is -0.399 e. The van der Waals surface area contributed by atoms with E-state index < -0.39 is 10.0 Å². The fraction of sp³-hybridized carbons (Fsp3) is 0.500. The standard InChI is InChI=1S/C12H20N2O4S/c1-17-7-8-18-6-5-14-19(15,16)10-11-3-2-4-12(13)9-11/h2-4,9,14H,5-8,10,13H2,1H3. The maximum Gasteiger partial charge on any atom is 0.215 e. The second-order valence-corrected chi connectivity index (χ2v) is 5.81. The number of rotatable bonds is 9. The van der Waals surface area contributed by atoms with Crippen molar-refractivity contribution in [2.75, 3.05) is 39.2 Å². The van der Waals surface area contributed by atoms with Crippen LogP contribution in [-0.2, 0) is 25.2 Å². The number of nitrogen functional groups attached to an aromatic ring is 1. The van der Waals surface area contributed by atoms with E-state index in [0.29, 0.717) is 31.1 Å². The van der Waals surface area contributed by atoms with Crippen LogP contribution in [0.4, 0.5) is 5.69 Å². The predicted molar refractivity (Wildman–Crippen MR) is 74.2 cm³/mol. The van der Waals surface area contributed by atoms with E-state index in [1.807, 2.05) is 0 Å². The lowest BCUT2D eigenvalue weighted by molar-refractivity contribution is 0.0736. The van der Waals surface area contributed by atoms with Gasteiger partial charge in [0.1, 0.15) is 0 Å². The normalized spacial score (nSPS) is 11.6. The highest BCUT2D eigenvalue weighted by molar-refractivity contribution is 7.88. The second-order valence-electron chi connectivity index (χ2n) is 4.00. The van der Waals surface area contributed by atoms with Crippen LogP contribution in [-0.4, -0.2) is 41.9 Å². The van der Waals surface area contributed by atoms with Crippen molar-refractivity contribution in [3.63, 3.8) is 0 Å². The van der Waals surface area contributed by atoms with E-state index in [2.05, 4.69) is 4.72 Å². The summed E-state index contributed by atoms with van der Waals surface area (Å²) in [6.45, 7) is 1.51. The molecule has 0 aliphatic heterocycles. The number of hydrogen-bond acceptors (Lipinski definition) is 5. The fourth-order valence-corrected chi connectivity index (χ4v) is 2.58. The Hall–Kier alpha value is -1.15. The van der Waals surface area contributed by atoms with E-state index in [9.17, 15) is 8.42 Å². The number of anilines is 1. The zero-order valence-electron chi connectivity index (χ0n) is 11.0. The highest BCUT2D eigenvalue weighted by atomic mass is 32.2. The van der Waals surface area contributed by atoms with Gasteiger partial charge < -0.3 is 15.2 Å². The van der Waals surface area contributed by atoms with Crippen LogP contribution >= 0.6 is 0 Å². The number of benzene rings is 1. The van der Waals surface area contributed by atoms with Crippen molar-refractivity contribution in [2.45, 2.75) is 5.75 Å². The average molecular weight is 288 g/mol. The number of methoxy groups -OCH3 is 1. The summed E-state index contributed by atoms with van der Waals surface area (Å²) >= 11 is 0. The van der Waals surface area contributed by atoms with Crippen molar-refractivity contribution in [1.82, 2.24) is 4.72 Å². The van der Waals surface area contributed by atoms with Gasteiger partial charge in [-0.25, -0.2) is 13.1 Å². The molecule has 0 aliphatic carbocycles. The van der Waals surface area contributed by atoms with Gasteiger partial charge in [-0.2, -0.15) is 0 Å². The first-order valence-electron chi connectivity index (χ1n) is 5.92. The van der Waals surface area contributed by atoms with E-state index >= 15 is 0 Å². The van der Waals surface area contributed by atoms with Crippen LogP contribution in [0.2, 0.25) is 0 Å². The van der Waals surface area contributed by atoms with Crippen molar-refractivity contribution in [2.24, 2.45) is 0 Å². The minimum atomic E-state index is -3.36. The average Bonchev–Trinajstić information content (AvgIpc) is 2.33. The van der Waals surface area contributed by atoms with Gasteiger partial charge in [0.2, 0.25) is 10.0 Å². The molecule has 1 aromatic carbocycles. The molecule has 0 spiro atoms. The Morgan fingerprint density at radius 1 is 1.26 bits per heavy atom. The molecule has 0 atom stereocenters. The smallest absolute Gasteiger partial charge is 0.215 e. The first-order chi connectivity index (χ1) is 9.03. The Balaban J connectivity index is 2.32. The largest absolute Gasteiger partial charge is 0.399 e. The van der Waals surface area contributed by atoms with Crippen LogP contribution in [0.3, 0.4) is 0 Å². The summed E-state index contributed by atoms with van der Waals surface area (Å²) in [4.78, 5) is 0. The number of nitrogens with two attached hydrogens (primary N) is 1. The molecular formula is C12H20N2O4S. The number of hydrogen-bond donors (Lipinski definition) is 2. The van der Waals surface area contributed by atoms with Crippen molar-refractivity contribution in [1.29, 1.82) is 0 Å². The number of nitrogens with one attached hydrogen (secondary N) is 1. The third kappa shape index (κ3) is 7.12. The number of sulfonamides is 1. The van der Waals surface area contributed by atoms with Gasteiger partial charge in [-0.05, 0) is 17.7 Å². The summed E-state index contributed by atoms with van der Waals surface area (Å²) in [6, 6.07) is 6.82. The highest BCUT2D eigenvalue weighted by Crippen LogP contribution is 2.09. The van der Waals surface area contributed by atoms with Gasteiger partial charge in [-0.3, -0.25) is 0 Å². The van der Waals surface area contributed by atoms with Gasteiger partial charge in [-0.15, -0.1) is 0 Å². The van der Waals surface area contributed by atoms with Gasteiger partial charge in [0.05, 0.1) is 25.6 Å². The zero-order chi connectivity index (χ0) is 14.1. The fourth-order valence-electron chi connectivity index (χ4n) is 1.47. The quantitative estimate of drug-likeness (QED) is 0.505. The molecule has 0 heterocycles. The van der Waals surface area contributed by atoms with Crippen LogP contribution in [0.15, 0.2) is 24.3 Å². The minimum absolute atomic E-state index is 0.0872. The van der Waals surface area contributed by atoms with E-state index in [1.54, 1.807) is 31.4 Å². The van der Waals surface area contributed by atoms with Gasteiger partial charge in [0, 0.05) is 19.3 Å². The molecule has 0 fully saturated rings. The van der Waals surface area contributed by atoms with E-state index in [1.165, 1.54) is 0 Å². The maximum absolute atomic E-state index is 11.8. The molecule has 0 saturated carbocycles. The van der Waals surface area contributed by atoms with Crippen molar-refractivity contribution >= 4 is 15.7 Å². The van der Waals surface area contributed by atoms with Crippen molar-refractivity contribution < 1.29 is 17.9 Å². The molecule has 7 heteroatoms. The molecule has 1 aromatic rings. The van der Waals surface area contributed by atoms with Crippen molar-refractivity contribution in [3.8, 4) is 0 Å². The molecule has 0 bridgehead atoms. The van der Waals surface area contributed by atoms with Gasteiger partial charge in [0.15, 0.2) is 0 Å². The Labute approximate surface area is 113 Å². The molecule has 1 rings (SSSR count). The molecule has 6 nitrogen and oxygen atoms in total. The summed E-state index contributed by atoms with van der Waals surface area (Å²) in [5.41, 5.74) is 6.81. The van der Waals surface area contributed by atoms with E-state index in [-0.39, 0.29) is 12.3 Å². The van der Waals surface area contributed by atoms with E-state index in [4.69, 9.17) is 15.2 Å². The van der Waals surface area contributed by atoms with Crippen LogP contribution < -0.4 is 10.5 Å². The lowest BCUT2D eigenvalue weighted by Crippen LogP contribution is -2.29. The van der Waals surface area contributed by atoms with Gasteiger partial charge in [0.25, 0.3) is 0 Å². The lowest BCUT2D eigenvalue weighted by atomic mass is 10.2. The zero-order valence-corrected chi connectivity index (χ0v) is 11.8. The molecule has 0 aromatic heterocycles. The Bertz CT molecular complexity index is 476. The van der Waals surface area contributed by atoms with Crippen LogP contribution in [0, 0.1) is 0 Å². The maximum atomic E-state index is 11.8. The molecular weight excluding hydrogens is 268 g/mol. The number of ether oxygens (including phenoxy) is 2. The Kier molecular flexibility index (Phi) is 6.79. The Morgan fingerprint density at radius 3 is 2.74 bits per heavy atom. The molecule has 108 valence electrons. The first kappa shape index (κ1) is 15.9. The topological polar surface area (TPSA) is 90.6 Å². The molecule has 0 saturated heterocycles. The van der Waals surface area contributed by atoms with Crippen LogP contribution in [0.25, 0.3) is 0 Å². The summed E-state index contributed by atoms with van der Waals surface area (Å²) < 4.78 is 36.0. The summed E-state index contributed by atoms with van der Waals surface area (Å²) in [6.07, 6.45) is 0. The summed E-state index contributed by atoms with van der Waals surface area (Å²) in [7, 11) is -1.78. The highest BCUT2D eigenvalue weighted by Gasteiger charge is 2.10. The predicted octanol–water partition coefficient (Wildman–Crippen LogP) is 0.351. The Morgan fingerprint density at radius 2 is 2.05 bits per heavy atom. The van der Waals surface area contributed by atoms with Crippen molar-refractivity contribution in [3.05, 3.63) is 29.8 Å². The van der Waals surface area contributed by atoms with Crippen LogP contribution in [0.1, 0.15) is 5.56 Å². The first-order valence-corrected chi connectivity index (χ1v) is 7.57. The monoisotopic (exact) mass is 288 g/mol. The summed E-state index contributed by atoms with van der Waals surface area (Å²) in [5.74, 6) is -0.0872. The molecule has 0 unspecified atom stereocenters. The SMILES string of the molecule is COCCOCCNS(=O)(=O)Cc1cccc(N)c1. The molecule has 3 N–H and O–H groups in total. The lowest BCUT2D eigenvalue weighted by Gasteiger charge is -2.08. The second kappa shape index (κ2) is 8.11.